The lowest BCUT2D eigenvalue weighted by Gasteiger charge is -2.32. The summed E-state index contributed by atoms with van der Waals surface area (Å²) in [6.07, 6.45) is 0. The maximum absolute atomic E-state index is 13.3. The second kappa shape index (κ2) is 7.78. The van der Waals surface area contributed by atoms with Gasteiger partial charge in [0.15, 0.2) is 0 Å². The van der Waals surface area contributed by atoms with Crippen LogP contribution in [-0.2, 0) is 16.6 Å². The van der Waals surface area contributed by atoms with Crippen molar-refractivity contribution in [2.24, 2.45) is 5.14 Å². The summed E-state index contributed by atoms with van der Waals surface area (Å²) in [5.41, 5.74) is 0.152. The van der Waals surface area contributed by atoms with Crippen LogP contribution in [0, 0.1) is 0 Å². The minimum absolute atomic E-state index is 0.0837. The normalized spacial score (nSPS) is 16.5. The molecule has 1 fully saturated rings. The lowest BCUT2D eigenvalue weighted by molar-refractivity contribution is 0.144. The molecule has 1 saturated heterocycles. The number of sulfonamides is 1. The van der Waals surface area contributed by atoms with Crippen LogP contribution >= 0.6 is 22.9 Å². The molecule has 0 saturated carbocycles. The van der Waals surface area contributed by atoms with Crippen LogP contribution in [0.2, 0.25) is 5.02 Å². The summed E-state index contributed by atoms with van der Waals surface area (Å²) < 4.78 is 24.9. The van der Waals surface area contributed by atoms with E-state index in [4.69, 9.17) is 16.7 Å². The smallest absolute Gasteiger partial charge is 0.266 e. The predicted octanol–water partition coefficient (Wildman–Crippen LogP) is 1.50. The highest BCUT2D eigenvalue weighted by atomic mass is 35.5. The van der Waals surface area contributed by atoms with Crippen LogP contribution in [0.3, 0.4) is 0 Å². The molecule has 11 heteroatoms. The molecule has 0 unspecified atom stereocenters. The molecule has 2 N–H and O–H groups in total. The van der Waals surface area contributed by atoms with Gasteiger partial charge in [0, 0.05) is 26.2 Å². The summed E-state index contributed by atoms with van der Waals surface area (Å²) in [6.45, 7) is 3.99. The molecule has 154 valence electrons. The number of rotatable bonds is 4. The zero-order valence-corrected chi connectivity index (χ0v) is 18.1. The number of benzene rings is 1. The first-order valence-electron chi connectivity index (χ1n) is 8.98. The Balaban J connectivity index is 1.90. The van der Waals surface area contributed by atoms with Crippen molar-refractivity contribution in [3.8, 4) is 5.69 Å². The fourth-order valence-corrected chi connectivity index (χ4v) is 5.31. The largest absolute Gasteiger partial charge is 0.304 e. The van der Waals surface area contributed by atoms with Gasteiger partial charge in [0.1, 0.15) is 14.9 Å². The molecule has 0 radical (unpaired) electrons. The van der Waals surface area contributed by atoms with E-state index in [2.05, 4.69) is 21.8 Å². The van der Waals surface area contributed by atoms with E-state index >= 15 is 0 Å². The lowest BCUT2D eigenvalue weighted by Crippen LogP contribution is -2.44. The Kier molecular flexibility index (Phi) is 5.49. The second-order valence-corrected chi connectivity index (χ2v) is 10.3. The summed E-state index contributed by atoms with van der Waals surface area (Å²) in [5, 5.41) is 5.88. The Bertz CT molecular complexity index is 1230. The molecule has 0 spiro atoms. The highest BCUT2D eigenvalue weighted by molar-refractivity contribution is 7.91. The van der Waals surface area contributed by atoms with E-state index in [0.29, 0.717) is 27.9 Å². The number of aromatic nitrogens is 2. The lowest BCUT2D eigenvalue weighted by atomic mass is 10.2. The van der Waals surface area contributed by atoms with Crippen molar-refractivity contribution in [1.82, 2.24) is 19.4 Å². The number of thiophene rings is 1. The second-order valence-electron chi connectivity index (χ2n) is 7.03. The molecule has 3 heterocycles. The topological polar surface area (TPSA) is 102 Å². The van der Waals surface area contributed by atoms with E-state index < -0.39 is 10.0 Å². The van der Waals surface area contributed by atoms with Crippen LogP contribution in [0.1, 0.15) is 5.82 Å². The molecule has 29 heavy (non-hydrogen) atoms. The summed E-state index contributed by atoms with van der Waals surface area (Å²) in [7, 11) is -1.85. The first-order chi connectivity index (χ1) is 13.7. The molecule has 0 aliphatic carbocycles. The summed E-state index contributed by atoms with van der Waals surface area (Å²) in [6, 6.07) is 8.32. The Labute approximate surface area is 177 Å². The van der Waals surface area contributed by atoms with Crippen molar-refractivity contribution in [3.05, 3.63) is 51.5 Å². The third kappa shape index (κ3) is 4.09. The highest BCUT2D eigenvalue weighted by Gasteiger charge is 2.22. The number of hydrogen-bond donors (Lipinski definition) is 1. The van der Waals surface area contributed by atoms with Crippen LogP contribution < -0.4 is 10.7 Å². The van der Waals surface area contributed by atoms with Gasteiger partial charge < -0.3 is 4.90 Å². The van der Waals surface area contributed by atoms with Gasteiger partial charge in [0.2, 0.25) is 10.0 Å². The van der Waals surface area contributed by atoms with E-state index in [1.54, 1.807) is 24.3 Å². The number of piperazine rings is 1. The van der Waals surface area contributed by atoms with Crippen LogP contribution in [0.15, 0.2) is 39.3 Å². The summed E-state index contributed by atoms with van der Waals surface area (Å²) >= 11 is 7.28. The van der Waals surface area contributed by atoms with Gasteiger partial charge in [0.05, 0.1) is 22.6 Å². The van der Waals surface area contributed by atoms with Gasteiger partial charge in [-0.25, -0.2) is 18.5 Å². The zero-order valence-electron chi connectivity index (χ0n) is 15.7. The molecule has 0 atom stereocenters. The van der Waals surface area contributed by atoms with E-state index in [1.807, 2.05) is 0 Å². The van der Waals surface area contributed by atoms with E-state index in [9.17, 15) is 13.2 Å². The Hall–Kier alpha value is -1.82. The van der Waals surface area contributed by atoms with Crippen LogP contribution in [0.5, 0.6) is 0 Å². The quantitative estimate of drug-likeness (QED) is 0.642. The number of fused-ring (bicyclic) bond motifs is 1. The van der Waals surface area contributed by atoms with Gasteiger partial charge in [-0.15, -0.1) is 11.3 Å². The van der Waals surface area contributed by atoms with Crippen LogP contribution in [-0.4, -0.2) is 61.0 Å². The number of halogens is 1. The van der Waals surface area contributed by atoms with Gasteiger partial charge in [-0.05, 0) is 25.2 Å². The molecule has 0 bridgehead atoms. The van der Waals surface area contributed by atoms with Crippen molar-refractivity contribution < 1.29 is 8.42 Å². The maximum atomic E-state index is 13.3. The number of primary sulfonamides is 1. The fourth-order valence-electron chi connectivity index (χ4n) is 3.33. The number of nitrogens with two attached hydrogens (primary N) is 1. The van der Waals surface area contributed by atoms with Crippen molar-refractivity contribution in [1.29, 1.82) is 0 Å². The third-order valence-electron chi connectivity index (χ3n) is 4.95. The Morgan fingerprint density at radius 2 is 1.90 bits per heavy atom. The Morgan fingerprint density at radius 1 is 1.21 bits per heavy atom. The van der Waals surface area contributed by atoms with Crippen molar-refractivity contribution in [2.75, 3.05) is 33.2 Å². The standard InChI is InChI=1S/C18H20ClN5O3S2/c1-22-6-8-23(9-7-22)11-15-21-17-12(10-16(28-17)29(20,26)27)18(25)24(15)14-5-3-2-4-13(14)19/h2-5,10H,6-9,11H2,1H3,(H2,20,26,27). The van der Waals surface area contributed by atoms with Gasteiger partial charge in [-0.1, -0.05) is 23.7 Å². The summed E-state index contributed by atoms with van der Waals surface area (Å²) in [4.78, 5) is 22.8. The van der Waals surface area contributed by atoms with E-state index in [-0.39, 0.29) is 15.2 Å². The van der Waals surface area contributed by atoms with Gasteiger partial charge in [-0.3, -0.25) is 14.3 Å². The molecule has 4 rings (SSSR count). The van der Waals surface area contributed by atoms with Crippen LogP contribution in [0.25, 0.3) is 15.9 Å². The highest BCUT2D eigenvalue weighted by Crippen LogP contribution is 2.27. The minimum Gasteiger partial charge on any atom is -0.304 e. The summed E-state index contributed by atoms with van der Waals surface area (Å²) in [5.74, 6) is 0.517. The SMILES string of the molecule is CN1CCN(Cc2nc3sc(S(N)(=O)=O)cc3c(=O)n2-c2ccccc2Cl)CC1. The molecular formula is C18H20ClN5O3S2. The monoisotopic (exact) mass is 453 g/mol. The van der Waals surface area contributed by atoms with Crippen molar-refractivity contribution >= 4 is 43.2 Å². The first-order valence-corrected chi connectivity index (χ1v) is 11.7. The number of para-hydroxylation sites is 1. The predicted molar refractivity (Wildman–Crippen MR) is 114 cm³/mol. The first kappa shape index (κ1) is 20.5. The third-order valence-corrected chi connectivity index (χ3v) is 7.72. The van der Waals surface area contributed by atoms with Gasteiger partial charge >= 0.3 is 0 Å². The number of hydrogen-bond acceptors (Lipinski definition) is 7. The average Bonchev–Trinajstić information content (AvgIpc) is 3.10. The molecule has 1 aliphatic rings. The van der Waals surface area contributed by atoms with Crippen LogP contribution in [0.4, 0.5) is 0 Å². The van der Waals surface area contributed by atoms with E-state index in [1.165, 1.54) is 10.6 Å². The van der Waals surface area contributed by atoms with E-state index in [0.717, 1.165) is 37.5 Å². The number of nitrogens with zero attached hydrogens (tertiary/aromatic N) is 4. The molecule has 2 aromatic heterocycles. The molecule has 3 aromatic rings. The molecule has 8 nitrogen and oxygen atoms in total. The van der Waals surface area contributed by atoms with Crippen molar-refractivity contribution in [3.63, 3.8) is 0 Å². The van der Waals surface area contributed by atoms with Crippen molar-refractivity contribution in [2.45, 2.75) is 10.8 Å². The number of likely N-dealkylation sites (N-methyl/N-ethyl adjacent to an activating group) is 1. The van der Waals surface area contributed by atoms with Gasteiger partial charge in [0.25, 0.3) is 5.56 Å². The fraction of sp³-hybridized carbons (Fsp3) is 0.333. The van der Waals surface area contributed by atoms with Gasteiger partial charge in [-0.2, -0.15) is 0 Å². The molecule has 1 aliphatic heterocycles. The zero-order chi connectivity index (χ0) is 20.8. The molecule has 1 aromatic carbocycles. The molecule has 0 amide bonds. The maximum Gasteiger partial charge on any atom is 0.266 e. The molecular weight excluding hydrogens is 434 g/mol. The Morgan fingerprint density at radius 3 is 2.55 bits per heavy atom. The minimum atomic E-state index is -3.92. The average molecular weight is 454 g/mol.